The van der Waals surface area contributed by atoms with Crippen molar-refractivity contribution in [2.24, 2.45) is 5.10 Å². The first-order valence-corrected chi connectivity index (χ1v) is 8.62. The number of benzene rings is 3. The molecule has 0 fully saturated rings. The number of hydrazone groups is 1. The fourth-order valence-electron chi connectivity index (χ4n) is 2.38. The zero-order chi connectivity index (χ0) is 20.8. The third-order valence-corrected chi connectivity index (χ3v) is 4.06. The minimum atomic E-state index is -1.03. The number of hydrogen-bond acceptors (Lipinski definition) is 6. The molecule has 0 atom stereocenters. The van der Waals surface area contributed by atoms with Gasteiger partial charge in [0.25, 0.3) is 5.69 Å². The van der Waals surface area contributed by atoms with E-state index < -0.39 is 22.3 Å². The number of halogens is 2. The molecule has 1 N–H and O–H groups in total. The normalized spacial score (nSPS) is 10.7. The predicted octanol–water partition coefficient (Wildman–Crippen LogP) is 5.05. The van der Waals surface area contributed by atoms with E-state index in [1.54, 1.807) is 24.3 Å². The molecule has 0 aromatic heterocycles. The van der Waals surface area contributed by atoms with Crippen molar-refractivity contribution >= 4 is 35.2 Å². The molecule has 29 heavy (non-hydrogen) atoms. The second kappa shape index (κ2) is 8.94. The Bertz CT molecular complexity index is 1070. The lowest BCUT2D eigenvalue weighted by atomic mass is 10.2. The Morgan fingerprint density at radius 3 is 2.59 bits per heavy atom. The van der Waals surface area contributed by atoms with E-state index in [0.717, 1.165) is 12.1 Å². The van der Waals surface area contributed by atoms with Crippen molar-refractivity contribution in [3.8, 4) is 5.75 Å². The van der Waals surface area contributed by atoms with Crippen molar-refractivity contribution in [3.63, 3.8) is 0 Å². The summed E-state index contributed by atoms with van der Waals surface area (Å²) in [6.07, 6.45) is 1.26. The van der Waals surface area contributed by atoms with Gasteiger partial charge in [0.2, 0.25) is 0 Å². The van der Waals surface area contributed by atoms with Gasteiger partial charge in [-0.15, -0.1) is 0 Å². The van der Waals surface area contributed by atoms with E-state index in [4.69, 9.17) is 16.3 Å². The monoisotopic (exact) mass is 413 g/mol. The van der Waals surface area contributed by atoms with Crippen molar-refractivity contribution in [3.05, 3.63) is 98.8 Å². The van der Waals surface area contributed by atoms with Crippen molar-refractivity contribution < 1.29 is 18.8 Å². The number of hydrogen-bond donors (Lipinski definition) is 1. The SMILES string of the molecule is O=C(Oc1ccc([N+](=O)[O-])cc1C=NNc1ccccc1)c1c(F)cccc1Cl. The highest BCUT2D eigenvalue weighted by atomic mass is 35.5. The molecule has 3 aromatic rings. The summed E-state index contributed by atoms with van der Waals surface area (Å²) < 4.78 is 19.2. The molecule has 0 aliphatic carbocycles. The minimum Gasteiger partial charge on any atom is -0.422 e. The van der Waals surface area contributed by atoms with Gasteiger partial charge < -0.3 is 4.74 Å². The maximum Gasteiger partial charge on any atom is 0.348 e. The number of nitrogens with zero attached hydrogens (tertiary/aromatic N) is 2. The van der Waals surface area contributed by atoms with Gasteiger partial charge in [-0.2, -0.15) is 5.10 Å². The molecular weight excluding hydrogens is 401 g/mol. The van der Waals surface area contributed by atoms with Crippen LogP contribution >= 0.6 is 11.6 Å². The number of esters is 1. The Balaban J connectivity index is 1.89. The van der Waals surface area contributed by atoms with E-state index in [-0.39, 0.29) is 22.0 Å². The van der Waals surface area contributed by atoms with E-state index in [0.29, 0.717) is 5.69 Å². The number of non-ortho nitro benzene ring substituents is 1. The van der Waals surface area contributed by atoms with Gasteiger partial charge >= 0.3 is 5.97 Å². The van der Waals surface area contributed by atoms with E-state index in [9.17, 15) is 19.3 Å². The molecule has 0 aliphatic heterocycles. The van der Waals surface area contributed by atoms with Gasteiger partial charge in [-0.1, -0.05) is 35.9 Å². The molecule has 0 radical (unpaired) electrons. The number of nitro benzene ring substituents is 1. The number of ether oxygens (including phenoxy) is 1. The van der Waals surface area contributed by atoms with Crippen LogP contribution in [0, 0.1) is 15.9 Å². The summed E-state index contributed by atoms with van der Waals surface area (Å²) in [5.74, 6) is -1.92. The first-order chi connectivity index (χ1) is 14.0. The summed E-state index contributed by atoms with van der Waals surface area (Å²) in [4.78, 5) is 22.8. The van der Waals surface area contributed by atoms with Gasteiger partial charge in [0, 0.05) is 17.7 Å². The highest BCUT2D eigenvalue weighted by molar-refractivity contribution is 6.33. The van der Waals surface area contributed by atoms with Gasteiger partial charge in [-0.25, -0.2) is 9.18 Å². The van der Waals surface area contributed by atoms with Crippen LogP contribution in [0.25, 0.3) is 0 Å². The predicted molar refractivity (Wildman–Crippen MR) is 107 cm³/mol. The van der Waals surface area contributed by atoms with Crippen molar-refractivity contribution in [2.75, 3.05) is 5.43 Å². The zero-order valence-electron chi connectivity index (χ0n) is 14.7. The van der Waals surface area contributed by atoms with Crippen molar-refractivity contribution in [1.82, 2.24) is 0 Å². The van der Waals surface area contributed by atoms with Crippen LogP contribution in [0.1, 0.15) is 15.9 Å². The van der Waals surface area contributed by atoms with E-state index >= 15 is 0 Å². The first-order valence-electron chi connectivity index (χ1n) is 8.24. The van der Waals surface area contributed by atoms with E-state index in [1.165, 1.54) is 30.5 Å². The number of nitrogens with one attached hydrogen (secondary N) is 1. The minimum absolute atomic E-state index is 0.0430. The summed E-state index contributed by atoms with van der Waals surface area (Å²) >= 11 is 5.88. The Hall–Kier alpha value is -3.78. The van der Waals surface area contributed by atoms with Gasteiger partial charge in [0.05, 0.1) is 21.8 Å². The molecule has 7 nitrogen and oxygen atoms in total. The third-order valence-electron chi connectivity index (χ3n) is 3.74. The average molecular weight is 414 g/mol. The molecule has 0 aliphatic rings. The Morgan fingerprint density at radius 1 is 1.14 bits per heavy atom. The lowest BCUT2D eigenvalue weighted by molar-refractivity contribution is -0.384. The molecule has 146 valence electrons. The summed E-state index contributed by atoms with van der Waals surface area (Å²) in [5, 5.41) is 14.9. The zero-order valence-corrected chi connectivity index (χ0v) is 15.5. The number of carbonyl (C=O) groups excluding carboxylic acids is 1. The molecule has 0 bridgehead atoms. The quantitative estimate of drug-likeness (QED) is 0.200. The van der Waals surface area contributed by atoms with Gasteiger partial charge in [0.1, 0.15) is 17.1 Å². The van der Waals surface area contributed by atoms with Gasteiger partial charge in [0.15, 0.2) is 0 Å². The van der Waals surface area contributed by atoms with E-state index in [1.807, 2.05) is 6.07 Å². The molecule has 0 saturated heterocycles. The number of para-hydroxylation sites is 1. The van der Waals surface area contributed by atoms with Crippen LogP contribution in [0.5, 0.6) is 5.75 Å². The van der Waals surface area contributed by atoms with E-state index in [2.05, 4.69) is 10.5 Å². The summed E-state index contributed by atoms with van der Waals surface area (Å²) in [6, 6.07) is 16.3. The summed E-state index contributed by atoms with van der Waals surface area (Å²) in [6.45, 7) is 0. The highest BCUT2D eigenvalue weighted by Gasteiger charge is 2.20. The fourth-order valence-corrected chi connectivity index (χ4v) is 2.62. The molecular formula is C20H13ClFN3O4. The smallest absolute Gasteiger partial charge is 0.348 e. The summed E-state index contributed by atoms with van der Waals surface area (Å²) in [7, 11) is 0. The second-order valence-electron chi connectivity index (χ2n) is 5.70. The molecule has 0 amide bonds. The third kappa shape index (κ3) is 4.94. The van der Waals surface area contributed by atoms with Crippen molar-refractivity contribution in [2.45, 2.75) is 0 Å². The topological polar surface area (TPSA) is 93.8 Å². The van der Waals surface area contributed by atoms with Crippen LogP contribution in [0.15, 0.2) is 71.8 Å². The number of rotatable bonds is 6. The van der Waals surface area contributed by atoms with Gasteiger partial charge in [-0.05, 0) is 30.3 Å². The summed E-state index contributed by atoms with van der Waals surface area (Å²) in [5.41, 5.74) is 2.92. The Labute approximate surface area is 169 Å². The van der Waals surface area contributed by atoms with Crippen LogP contribution in [-0.4, -0.2) is 17.1 Å². The van der Waals surface area contributed by atoms with Crippen molar-refractivity contribution in [1.29, 1.82) is 0 Å². The number of anilines is 1. The van der Waals surface area contributed by atoms with Crippen LogP contribution in [0.2, 0.25) is 5.02 Å². The lowest BCUT2D eigenvalue weighted by Gasteiger charge is -2.09. The second-order valence-corrected chi connectivity index (χ2v) is 6.11. The Kier molecular flexibility index (Phi) is 6.16. The number of carbonyl (C=O) groups is 1. The maximum absolute atomic E-state index is 14.0. The van der Waals surface area contributed by atoms with Crippen LogP contribution < -0.4 is 10.2 Å². The molecule has 3 rings (SSSR count). The fraction of sp³-hybridized carbons (Fsp3) is 0. The first kappa shape index (κ1) is 20.0. The molecule has 0 spiro atoms. The largest absolute Gasteiger partial charge is 0.422 e. The number of nitro groups is 1. The molecule has 0 heterocycles. The van der Waals surface area contributed by atoms with Crippen LogP contribution in [-0.2, 0) is 0 Å². The molecule has 0 saturated carbocycles. The average Bonchev–Trinajstić information content (AvgIpc) is 2.69. The standard InChI is InChI=1S/C20H13ClFN3O4/c21-16-7-4-8-17(22)19(16)20(26)29-18-10-9-15(25(27)28)11-13(18)12-23-24-14-5-2-1-3-6-14/h1-12,24H. The maximum atomic E-state index is 14.0. The van der Waals surface area contributed by atoms with Crippen LogP contribution in [0.4, 0.5) is 15.8 Å². The Morgan fingerprint density at radius 2 is 1.90 bits per heavy atom. The lowest BCUT2D eigenvalue weighted by Crippen LogP contribution is -2.12. The molecule has 0 unspecified atom stereocenters. The van der Waals surface area contributed by atoms with Crippen LogP contribution in [0.3, 0.4) is 0 Å². The van der Waals surface area contributed by atoms with Gasteiger partial charge in [-0.3, -0.25) is 15.5 Å². The molecule has 3 aromatic carbocycles. The molecule has 9 heteroatoms. The highest BCUT2D eigenvalue weighted by Crippen LogP contribution is 2.26.